The van der Waals surface area contributed by atoms with Gasteiger partial charge in [-0.2, -0.15) is 0 Å². The maximum Gasteiger partial charge on any atom is 0.312 e. The molecule has 1 aromatic carbocycles. The van der Waals surface area contributed by atoms with Gasteiger partial charge in [-0.1, -0.05) is 12.1 Å². The molecule has 0 atom stereocenters. The van der Waals surface area contributed by atoms with E-state index in [9.17, 15) is 14.4 Å². The van der Waals surface area contributed by atoms with Gasteiger partial charge in [0.05, 0.1) is 0 Å². The number of nitrogens with zero attached hydrogens (tertiary/aromatic N) is 4. The molecule has 3 rings (SSSR count). The molecule has 0 aromatic heterocycles. The summed E-state index contributed by atoms with van der Waals surface area (Å²) in [6, 6.07) is 6.29. The summed E-state index contributed by atoms with van der Waals surface area (Å²) in [5.41, 5.74) is 3.76. The summed E-state index contributed by atoms with van der Waals surface area (Å²) in [7, 11) is 0. The van der Waals surface area contributed by atoms with Crippen molar-refractivity contribution in [3.8, 4) is 0 Å². The van der Waals surface area contributed by atoms with Crippen molar-refractivity contribution >= 4 is 23.4 Å². The number of hydrogen-bond donors (Lipinski definition) is 0. The van der Waals surface area contributed by atoms with Crippen LogP contribution in [0.1, 0.15) is 18.1 Å². The Balaban J connectivity index is 1.55. The van der Waals surface area contributed by atoms with E-state index in [1.807, 2.05) is 6.92 Å². The lowest BCUT2D eigenvalue weighted by Gasteiger charge is -2.38. The molecule has 1 aromatic rings. The molecule has 0 bridgehead atoms. The Hall–Kier alpha value is -2.57. The van der Waals surface area contributed by atoms with Gasteiger partial charge in [0, 0.05) is 51.5 Å². The van der Waals surface area contributed by atoms with Crippen molar-refractivity contribution in [3.63, 3.8) is 0 Å². The van der Waals surface area contributed by atoms with Crippen molar-refractivity contribution < 1.29 is 14.4 Å². The number of benzene rings is 1. The van der Waals surface area contributed by atoms with Gasteiger partial charge in [-0.3, -0.25) is 14.4 Å². The standard InChI is InChI=1S/C20H28N4O3/c1-4-21-8-13-24(20(27)19(21)26)14-18(25)23-11-9-22(10-12-23)17-7-5-6-15(2)16(17)3/h5-7H,4,8-14H2,1-3H3. The van der Waals surface area contributed by atoms with Gasteiger partial charge in [0.25, 0.3) is 0 Å². The number of piperazine rings is 2. The summed E-state index contributed by atoms with van der Waals surface area (Å²) in [6.45, 7) is 10.3. The Morgan fingerprint density at radius 2 is 1.56 bits per heavy atom. The van der Waals surface area contributed by atoms with E-state index in [0.29, 0.717) is 32.7 Å². The average molecular weight is 372 g/mol. The molecule has 0 N–H and O–H groups in total. The van der Waals surface area contributed by atoms with Gasteiger partial charge in [0.1, 0.15) is 6.54 Å². The van der Waals surface area contributed by atoms with Crippen LogP contribution in [0.4, 0.5) is 5.69 Å². The second-order valence-electron chi connectivity index (χ2n) is 7.20. The topological polar surface area (TPSA) is 64.2 Å². The van der Waals surface area contributed by atoms with Gasteiger partial charge < -0.3 is 19.6 Å². The third-order valence-corrected chi connectivity index (χ3v) is 5.65. The summed E-state index contributed by atoms with van der Waals surface area (Å²) in [4.78, 5) is 43.8. The van der Waals surface area contributed by atoms with E-state index in [1.54, 1.807) is 4.90 Å². The number of likely N-dealkylation sites (N-methyl/N-ethyl adjacent to an activating group) is 1. The molecule has 3 amide bonds. The minimum Gasteiger partial charge on any atom is -0.368 e. The van der Waals surface area contributed by atoms with E-state index >= 15 is 0 Å². The Morgan fingerprint density at radius 1 is 0.926 bits per heavy atom. The highest BCUT2D eigenvalue weighted by molar-refractivity contribution is 6.35. The van der Waals surface area contributed by atoms with Crippen LogP contribution in [0.3, 0.4) is 0 Å². The van der Waals surface area contributed by atoms with Crippen LogP contribution in [0, 0.1) is 13.8 Å². The zero-order valence-electron chi connectivity index (χ0n) is 16.4. The average Bonchev–Trinajstić information content (AvgIpc) is 2.68. The number of rotatable bonds is 4. The molecule has 2 fully saturated rings. The molecular formula is C20H28N4O3. The highest BCUT2D eigenvalue weighted by Gasteiger charge is 2.33. The first-order chi connectivity index (χ1) is 12.9. The Labute approximate surface area is 160 Å². The van der Waals surface area contributed by atoms with E-state index in [0.717, 1.165) is 13.1 Å². The Bertz CT molecular complexity index is 741. The van der Waals surface area contributed by atoms with Crippen LogP contribution in [0.25, 0.3) is 0 Å². The quantitative estimate of drug-likeness (QED) is 0.728. The molecule has 0 radical (unpaired) electrons. The lowest BCUT2D eigenvalue weighted by Crippen LogP contribution is -2.57. The molecule has 0 aliphatic carbocycles. The van der Waals surface area contributed by atoms with Gasteiger partial charge in [-0.25, -0.2) is 0 Å². The summed E-state index contributed by atoms with van der Waals surface area (Å²) in [6.07, 6.45) is 0. The van der Waals surface area contributed by atoms with Crippen LogP contribution in [0.15, 0.2) is 18.2 Å². The molecule has 146 valence electrons. The first-order valence-electron chi connectivity index (χ1n) is 9.59. The van der Waals surface area contributed by atoms with E-state index in [4.69, 9.17) is 0 Å². The van der Waals surface area contributed by atoms with Crippen LogP contribution < -0.4 is 4.90 Å². The van der Waals surface area contributed by atoms with E-state index < -0.39 is 11.8 Å². The Kier molecular flexibility index (Phi) is 5.68. The van der Waals surface area contributed by atoms with Crippen molar-refractivity contribution in [1.29, 1.82) is 0 Å². The third-order valence-electron chi connectivity index (χ3n) is 5.65. The minimum absolute atomic E-state index is 0.00833. The van der Waals surface area contributed by atoms with Crippen LogP contribution in [0.5, 0.6) is 0 Å². The number of carbonyl (C=O) groups is 3. The van der Waals surface area contributed by atoms with Crippen molar-refractivity contribution in [2.45, 2.75) is 20.8 Å². The van der Waals surface area contributed by atoms with E-state index in [2.05, 4.69) is 36.9 Å². The first kappa shape index (κ1) is 19.2. The molecule has 2 aliphatic heterocycles. The Morgan fingerprint density at radius 3 is 2.22 bits per heavy atom. The van der Waals surface area contributed by atoms with Crippen LogP contribution in [0.2, 0.25) is 0 Å². The summed E-state index contributed by atoms with van der Waals surface area (Å²) >= 11 is 0. The van der Waals surface area contributed by atoms with Crippen molar-refractivity contribution in [1.82, 2.24) is 14.7 Å². The maximum absolute atomic E-state index is 12.6. The fourth-order valence-electron chi connectivity index (χ4n) is 3.71. The van der Waals surface area contributed by atoms with Crippen molar-refractivity contribution in [3.05, 3.63) is 29.3 Å². The smallest absolute Gasteiger partial charge is 0.312 e. The zero-order chi connectivity index (χ0) is 19.6. The minimum atomic E-state index is -0.564. The highest BCUT2D eigenvalue weighted by Crippen LogP contribution is 2.23. The number of hydrogen-bond acceptors (Lipinski definition) is 4. The van der Waals surface area contributed by atoms with Gasteiger partial charge in [-0.15, -0.1) is 0 Å². The van der Waals surface area contributed by atoms with Crippen molar-refractivity contribution in [2.75, 3.05) is 57.3 Å². The number of anilines is 1. The largest absolute Gasteiger partial charge is 0.368 e. The van der Waals surface area contributed by atoms with Crippen LogP contribution in [-0.4, -0.2) is 84.8 Å². The SMILES string of the molecule is CCN1CCN(CC(=O)N2CCN(c3cccc(C)c3C)CC2)C(=O)C1=O. The zero-order valence-corrected chi connectivity index (χ0v) is 16.4. The molecule has 2 aliphatic rings. The van der Waals surface area contributed by atoms with Gasteiger partial charge in [0.2, 0.25) is 5.91 Å². The molecule has 0 saturated carbocycles. The number of aryl methyl sites for hydroxylation is 1. The van der Waals surface area contributed by atoms with Gasteiger partial charge in [-0.05, 0) is 38.0 Å². The molecule has 0 unspecified atom stereocenters. The van der Waals surface area contributed by atoms with Gasteiger partial charge in [0.15, 0.2) is 0 Å². The second-order valence-corrected chi connectivity index (χ2v) is 7.20. The molecule has 27 heavy (non-hydrogen) atoms. The fourth-order valence-corrected chi connectivity index (χ4v) is 3.71. The van der Waals surface area contributed by atoms with Crippen LogP contribution >= 0.6 is 0 Å². The fraction of sp³-hybridized carbons (Fsp3) is 0.550. The number of carbonyl (C=O) groups excluding carboxylic acids is 3. The second kappa shape index (κ2) is 7.98. The molecule has 2 heterocycles. The molecule has 7 heteroatoms. The summed E-state index contributed by atoms with van der Waals surface area (Å²) in [5, 5.41) is 0. The molecular weight excluding hydrogens is 344 g/mol. The molecule has 7 nitrogen and oxygen atoms in total. The normalized spacial score (nSPS) is 18.3. The first-order valence-corrected chi connectivity index (χ1v) is 9.59. The lowest BCUT2D eigenvalue weighted by atomic mass is 10.1. The summed E-state index contributed by atoms with van der Waals surface area (Å²) < 4.78 is 0. The van der Waals surface area contributed by atoms with E-state index in [-0.39, 0.29) is 12.5 Å². The predicted molar refractivity (Wildman–Crippen MR) is 104 cm³/mol. The van der Waals surface area contributed by atoms with Gasteiger partial charge >= 0.3 is 11.8 Å². The maximum atomic E-state index is 12.6. The molecule has 0 spiro atoms. The molecule has 2 saturated heterocycles. The summed E-state index contributed by atoms with van der Waals surface area (Å²) in [5.74, 6) is -1.15. The monoisotopic (exact) mass is 372 g/mol. The lowest BCUT2D eigenvalue weighted by molar-refractivity contribution is -0.157. The van der Waals surface area contributed by atoms with E-state index in [1.165, 1.54) is 26.6 Å². The highest BCUT2D eigenvalue weighted by atomic mass is 16.2. The number of amides is 3. The van der Waals surface area contributed by atoms with Crippen LogP contribution in [-0.2, 0) is 14.4 Å². The van der Waals surface area contributed by atoms with Crippen molar-refractivity contribution in [2.24, 2.45) is 0 Å². The predicted octanol–water partition coefficient (Wildman–Crippen LogP) is 0.643. The third kappa shape index (κ3) is 3.91.